The number of piperidine rings is 1. The van der Waals surface area contributed by atoms with E-state index >= 15 is 0 Å². The first-order valence-electron chi connectivity index (χ1n) is 7.07. The van der Waals surface area contributed by atoms with Crippen LogP contribution in [0.2, 0.25) is 0 Å². The second-order valence-electron chi connectivity index (χ2n) is 4.97. The van der Waals surface area contributed by atoms with Crippen LogP contribution in [0.15, 0.2) is 12.2 Å². The third-order valence-corrected chi connectivity index (χ3v) is 3.64. The van der Waals surface area contributed by atoms with Gasteiger partial charge >= 0.3 is 11.9 Å². The van der Waals surface area contributed by atoms with Crippen molar-refractivity contribution in [2.24, 2.45) is 0 Å². The van der Waals surface area contributed by atoms with Gasteiger partial charge in [-0.1, -0.05) is 0 Å². The molecule has 2 heterocycles. The molecule has 0 saturated carbocycles. The Morgan fingerprint density at radius 3 is 2.32 bits per heavy atom. The van der Waals surface area contributed by atoms with Gasteiger partial charge in [-0.25, -0.2) is 9.59 Å². The zero-order chi connectivity index (χ0) is 15.1. The Morgan fingerprint density at radius 2 is 1.73 bits per heavy atom. The molecule has 2 fully saturated rings. The first-order chi connectivity index (χ1) is 10.1. The summed E-state index contributed by atoms with van der Waals surface area (Å²) in [7, 11) is 1.25. The fourth-order valence-corrected chi connectivity index (χ4v) is 2.43. The lowest BCUT2D eigenvalue weighted by Gasteiger charge is -2.37. The van der Waals surface area contributed by atoms with E-state index in [-0.39, 0.29) is 18.2 Å². The van der Waals surface area contributed by atoms with E-state index in [4.69, 9.17) is 14.2 Å². The maximum atomic E-state index is 11.3. The zero-order valence-corrected chi connectivity index (χ0v) is 13.4. The van der Waals surface area contributed by atoms with Crippen molar-refractivity contribution in [3.8, 4) is 0 Å². The second-order valence-corrected chi connectivity index (χ2v) is 4.97. The van der Waals surface area contributed by atoms with Crippen molar-refractivity contribution in [2.45, 2.75) is 18.6 Å². The molecule has 0 N–H and O–H groups in total. The van der Waals surface area contributed by atoms with Crippen LogP contribution in [0.1, 0.15) is 12.8 Å². The van der Waals surface area contributed by atoms with Crippen LogP contribution in [-0.4, -0.2) is 69.2 Å². The molecule has 2 aliphatic rings. The van der Waals surface area contributed by atoms with Crippen LogP contribution < -0.4 is 0 Å². The highest BCUT2D eigenvalue weighted by molar-refractivity contribution is 5.91. The van der Waals surface area contributed by atoms with Crippen molar-refractivity contribution >= 4 is 24.3 Å². The smallest absolute Gasteiger partial charge is 0.331 e. The first kappa shape index (κ1) is 18.9. The number of ether oxygens (including phenoxy) is 4. The van der Waals surface area contributed by atoms with E-state index in [1.807, 2.05) is 0 Å². The van der Waals surface area contributed by atoms with Crippen LogP contribution in [0.25, 0.3) is 0 Å². The summed E-state index contributed by atoms with van der Waals surface area (Å²) in [5.41, 5.74) is 0. The zero-order valence-electron chi connectivity index (χ0n) is 12.6. The standard InChI is InChI=1S/C14H21NO6.ClH/c1-18-12(16)2-3-13(17)19-9-8-15-6-4-14(5-7-15)20-10-11-21-14;/h2-3H,4-11H2,1H3;1H. The summed E-state index contributed by atoms with van der Waals surface area (Å²) in [6.07, 6.45) is 3.78. The third-order valence-electron chi connectivity index (χ3n) is 3.64. The Morgan fingerprint density at radius 1 is 1.14 bits per heavy atom. The van der Waals surface area contributed by atoms with Crippen molar-refractivity contribution in [3.05, 3.63) is 12.2 Å². The third kappa shape index (κ3) is 5.57. The average molecular weight is 336 g/mol. The van der Waals surface area contributed by atoms with E-state index in [0.717, 1.165) is 38.1 Å². The van der Waals surface area contributed by atoms with E-state index in [1.54, 1.807) is 0 Å². The van der Waals surface area contributed by atoms with Gasteiger partial charge in [-0.15, -0.1) is 12.4 Å². The molecular formula is C14H22ClNO6. The Hall–Kier alpha value is -1.15. The Balaban J connectivity index is 0.00000242. The molecule has 22 heavy (non-hydrogen) atoms. The fraction of sp³-hybridized carbons (Fsp3) is 0.714. The molecule has 2 aliphatic heterocycles. The summed E-state index contributed by atoms with van der Waals surface area (Å²) >= 11 is 0. The highest BCUT2D eigenvalue weighted by atomic mass is 35.5. The van der Waals surface area contributed by atoms with Gasteiger partial charge in [-0.05, 0) is 0 Å². The van der Waals surface area contributed by atoms with Crippen molar-refractivity contribution in [1.82, 2.24) is 4.90 Å². The van der Waals surface area contributed by atoms with Crippen molar-refractivity contribution in [1.29, 1.82) is 0 Å². The topological polar surface area (TPSA) is 74.3 Å². The summed E-state index contributed by atoms with van der Waals surface area (Å²) in [6, 6.07) is 0. The highest BCUT2D eigenvalue weighted by Gasteiger charge is 2.39. The van der Waals surface area contributed by atoms with E-state index < -0.39 is 11.9 Å². The number of methoxy groups -OCH3 is 1. The van der Waals surface area contributed by atoms with Crippen LogP contribution in [0.3, 0.4) is 0 Å². The lowest BCUT2D eigenvalue weighted by Crippen LogP contribution is -2.46. The number of hydrogen-bond donors (Lipinski definition) is 0. The number of carbonyl (C=O) groups is 2. The highest BCUT2D eigenvalue weighted by Crippen LogP contribution is 2.30. The predicted molar refractivity (Wildman–Crippen MR) is 79.7 cm³/mol. The fourth-order valence-electron chi connectivity index (χ4n) is 2.43. The molecule has 0 unspecified atom stereocenters. The molecular weight excluding hydrogens is 314 g/mol. The molecule has 8 heteroatoms. The van der Waals surface area contributed by atoms with E-state index in [2.05, 4.69) is 9.64 Å². The van der Waals surface area contributed by atoms with Crippen molar-refractivity contribution < 1.29 is 28.5 Å². The van der Waals surface area contributed by atoms with Gasteiger partial charge in [0.05, 0.1) is 20.3 Å². The molecule has 126 valence electrons. The summed E-state index contributed by atoms with van der Waals surface area (Å²) < 4.78 is 20.7. The molecule has 0 amide bonds. The second kappa shape index (κ2) is 9.09. The van der Waals surface area contributed by atoms with Crippen LogP contribution in [0.5, 0.6) is 0 Å². The number of rotatable bonds is 5. The summed E-state index contributed by atoms with van der Waals surface area (Å²) in [5.74, 6) is -1.50. The SMILES string of the molecule is COC(=O)C=CC(=O)OCCN1CCC2(CC1)OCCO2.Cl. The molecule has 0 aromatic carbocycles. The van der Waals surface area contributed by atoms with Gasteiger partial charge in [0, 0.05) is 44.6 Å². The van der Waals surface area contributed by atoms with Gasteiger partial charge in [-0.2, -0.15) is 0 Å². The largest absolute Gasteiger partial charge is 0.466 e. The number of halogens is 1. The number of esters is 2. The predicted octanol–water partition coefficient (Wildman–Crippen LogP) is 0.519. The lowest BCUT2D eigenvalue weighted by molar-refractivity contribution is -0.186. The minimum Gasteiger partial charge on any atom is -0.466 e. The van der Waals surface area contributed by atoms with Crippen molar-refractivity contribution in [2.75, 3.05) is 46.6 Å². The van der Waals surface area contributed by atoms with E-state index in [0.29, 0.717) is 26.4 Å². The van der Waals surface area contributed by atoms with Gasteiger partial charge in [0.15, 0.2) is 5.79 Å². The van der Waals surface area contributed by atoms with Gasteiger partial charge < -0.3 is 18.9 Å². The molecule has 7 nitrogen and oxygen atoms in total. The maximum absolute atomic E-state index is 11.3. The minimum atomic E-state index is -0.579. The van der Waals surface area contributed by atoms with E-state index in [9.17, 15) is 9.59 Å². The summed E-state index contributed by atoms with van der Waals surface area (Å²) in [6.45, 7) is 4.01. The first-order valence-corrected chi connectivity index (χ1v) is 7.07. The van der Waals surface area contributed by atoms with Crippen LogP contribution in [-0.2, 0) is 28.5 Å². The Bertz CT molecular complexity index is 398. The van der Waals surface area contributed by atoms with Gasteiger partial charge in [0.25, 0.3) is 0 Å². The summed E-state index contributed by atoms with van der Waals surface area (Å²) in [5, 5.41) is 0. The van der Waals surface area contributed by atoms with Gasteiger partial charge in [-0.3, -0.25) is 4.90 Å². The Kier molecular flexibility index (Phi) is 7.81. The number of nitrogens with zero attached hydrogens (tertiary/aromatic N) is 1. The van der Waals surface area contributed by atoms with Crippen LogP contribution >= 0.6 is 12.4 Å². The minimum absolute atomic E-state index is 0. The molecule has 2 saturated heterocycles. The normalized spacial score (nSPS) is 20.8. The molecule has 0 atom stereocenters. The van der Waals surface area contributed by atoms with E-state index in [1.165, 1.54) is 7.11 Å². The number of likely N-dealkylation sites (tertiary alicyclic amines) is 1. The quantitative estimate of drug-likeness (QED) is 0.535. The van der Waals surface area contributed by atoms with Crippen LogP contribution in [0.4, 0.5) is 0 Å². The van der Waals surface area contributed by atoms with Crippen LogP contribution in [0, 0.1) is 0 Å². The van der Waals surface area contributed by atoms with Crippen molar-refractivity contribution in [3.63, 3.8) is 0 Å². The van der Waals surface area contributed by atoms with Gasteiger partial charge in [0.1, 0.15) is 6.61 Å². The average Bonchev–Trinajstić information content (AvgIpc) is 2.95. The molecule has 0 radical (unpaired) electrons. The molecule has 1 spiro atoms. The summed E-state index contributed by atoms with van der Waals surface area (Å²) in [4.78, 5) is 24.3. The maximum Gasteiger partial charge on any atom is 0.331 e. The molecule has 0 aromatic heterocycles. The molecule has 0 aliphatic carbocycles. The Labute approximate surface area is 135 Å². The molecule has 0 bridgehead atoms. The molecule has 2 rings (SSSR count). The number of hydrogen-bond acceptors (Lipinski definition) is 7. The molecule has 0 aromatic rings. The number of carbonyl (C=O) groups excluding carboxylic acids is 2. The lowest BCUT2D eigenvalue weighted by atomic mass is 10.0. The van der Waals surface area contributed by atoms with Gasteiger partial charge in [0.2, 0.25) is 0 Å². The monoisotopic (exact) mass is 335 g/mol.